The van der Waals surface area contributed by atoms with E-state index in [0.29, 0.717) is 17.2 Å². The van der Waals surface area contributed by atoms with E-state index < -0.39 is 12.1 Å². The third-order valence-corrected chi connectivity index (χ3v) is 4.80. The van der Waals surface area contributed by atoms with Crippen molar-refractivity contribution >= 4 is 11.9 Å². The molecular weight excluding hydrogens is 363 g/mol. The molecule has 1 unspecified atom stereocenters. The largest absolute Gasteiger partial charge is 0.453 e. The predicted molar refractivity (Wildman–Crippen MR) is 101 cm³/mol. The second-order valence-corrected chi connectivity index (χ2v) is 7.00. The van der Waals surface area contributed by atoms with Crippen LogP contribution in [0.25, 0.3) is 11.3 Å². The molecule has 6 nitrogen and oxygen atoms in total. The van der Waals surface area contributed by atoms with Gasteiger partial charge in [-0.3, -0.25) is 9.59 Å². The molecule has 1 aromatic carbocycles. The summed E-state index contributed by atoms with van der Waals surface area (Å²) in [6.07, 6.45) is 5.34. The molecule has 0 bridgehead atoms. The first kappa shape index (κ1) is 20.0. The number of nitrogens with zero attached hydrogens (tertiary/aromatic N) is 2. The minimum atomic E-state index is -0.787. The fourth-order valence-corrected chi connectivity index (χ4v) is 3.24. The summed E-state index contributed by atoms with van der Waals surface area (Å²) >= 11 is 0. The van der Waals surface area contributed by atoms with Crippen LogP contribution in [0, 0.1) is 5.82 Å². The molecule has 0 aliphatic carbocycles. The van der Waals surface area contributed by atoms with Crippen LogP contribution >= 0.6 is 0 Å². The van der Waals surface area contributed by atoms with E-state index in [1.807, 2.05) is 0 Å². The van der Waals surface area contributed by atoms with Crippen molar-refractivity contribution in [2.75, 3.05) is 13.1 Å². The average Bonchev–Trinajstić information content (AvgIpc) is 2.99. The van der Waals surface area contributed by atoms with Gasteiger partial charge in [-0.25, -0.2) is 9.37 Å². The highest BCUT2D eigenvalue weighted by atomic mass is 19.1. The van der Waals surface area contributed by atoms with Crippen molar-refractivity contribution in [1.82, 2.24) is 9.88 Å². The maximum atomic E-state index is 13.0. The summed E-state index contributed by atoms with van der Waals surface area (Å²) < 4.78 is 23.9. The first-order valence-electron chi connectivity index (χ1n) is 9.72. The van der Waals surface area contributed by atoms with Gasteiger partial charge in [0.1, 0.15) is 5.82 Å². The van der Waals surface area contributed by atoms with Gasteiger partial charge < -0.3 is 14.1 Å². The third-order valence-electron chi connectivity index (χ3n) is 4.80. The number of halogens is 1. The molecule has 0 spiro atoms. The summed E-state index contributed by atoms with van der Waals surface area (Å²) in [5.74, 6) is -0.0203. The van der Waals surface area contributed by atoms with Crippen LogP contribution in [0.3, 0.4) is 0 Å². The minimum Gasteiger partial charge on any atom is -0.453 e. The van der Waals surface area contributed by atoms with E-state index in [1.165, 1.54) is 12.1 Å². The molecule has 0 saturated carbocycles. The second-order valence-electron chi connectivity index (χ2n) is 7.00. The number of aryl methyl sites for hydroxylation is 1. The molecule has 2 aromatic rings. The highest BCUT2D eigenvalue weighted by Crippen LogP contribution is 2.21. The first-order chi connectivity index (χ1) is 13.5. The van der Waals surface area contributed by atoms with Crippen molar-refractivity contribution < 1.29 is 23.1 Å². The number of esters is 1. The second kappa shape index (κ2) is 9.48. The fourth-order valence-electron chi connectivity index (χ4n) is 3.24. The molecule has 28 heavy (non-hydrogen) atoms. The molecule has 150 valence electrons. The Labute approximate surface area is 163 Å². The summed E-state index contributed by atoms with van der Waals surface area (Å²) in [4.78, 5) is 30.5. The molecular formula is C21H25FN2O4. The SMILES string of the molecule is CC(OC(=O)CCc1ncc(-c2ccc(F)cc2)o1)C(=O)N1CCCCCC1. The Hall–Kier alpha value is -2.70. The van der Waals surface area contributed by atoms with Crippen LogP contribution in [-0.4, -0.2) is 41.0 Å². The third kappa shape index (κ3) is 5.41. The number of carbonyl (C=O) groups excluding carboxylic acids is 2. The van der Waals surface area contributed by atoms with Crippen LogP contribution in [0.1, 0.15) is 44.9 Å². The van der Waals surface area contributed by atoms with Crippen LogP contribution in [-0.2, 0) is 20.7 Å². The van der Waals surface area contributed by atoms with E-state index >= 15 is 0 Å². The molecule has 0 radical (unpaired) electrons. The van der Waals surface area contributed by atoms with E-state index in [1.54, 1.807) is 30.2 Å². The monoisotopic (exact) mass is 388 g/mol. The van der Waals surface area contributed by atoms with Crippen molar-refractivity contribution in [1.29, 1.82) is 0 Å². The Balaban J connectivity index is 1.47. The Morgan fingerprint density at radius 1 is 1.18 bits per heavy atom. The maximum Gasteiger partial charge on any atom is 0.307 e. The highest BCUT2D eigenvalue weighted by molar-refractivity contribution is 5.83. The van der Waals surface area contributed by atoms with E-state index in [2.05, 4.69) is 4.98 Å². The smallest absolute Gasteiger partial charge is 0.307 e. The molecule has 3 rings (SSSR count). The quantitative estimate of drug-likeness (QED) is 0.705. The molecule has 1 saturated heterocycles. The lowest BCUT2D eigenvalue weighted by Crippen LogP contribution is -2.40. The van der Waals surface area contributed by atoms with Gasteiger partial charge in [-0.05, 0) is 44.0 Å². The Morgan fingerprint density at radius 2 is 1.86 bits per heavy atom. The zero-order valence-electron chi connectivity index (χ0n) is 16.0. The molecule has 1 aliphatic heterocycles. The number of benzene rings is 1. The number of hydrogen-bond acceptors (Lipinski definition) is 5. The molecule has 0 N–H and O–H groups in total. The van der Waals surface area contributed by atoms with Crippen LogP contribution in [0.4, 0.5) is 4.39 Å². The average molecular weight is 388 g/mol. The summed E-state index contributed by atoms with van der Waals surface area (Å²) in [7, 11) is 0. The van der Waals surface area contributed by atoms with Crippen molar-refractivity contribution in [3.8, 4) is 11.3 Å². The van der Waals surface area contributed by atoms with E-state index in [4.69, 9.17) is 9.15 Å². The van der Waals surface area contributed by atoms with Gasteiger partial charge in [-0.2, -0.15) is 0 Å². The minimum absolute atomic E-state index is 0.0704. The lowest BCUT2D eigenvalue weighted by atomic mass is 10.2. The van der Waals surface area contributed by atoms with Gasteiger partial charge in [0.05, 0.1) is 12.6 Å². The van der Waals surface area contributed by atoms with Crippen molar-refractivity contribution in [3.05, 3.63) is 42.2 Å². The number of ether oxygens (including phenoxy) is 1. The van der Waals surface area contributed by atoms with E-state index in [-0.39, 0.29) is 24.6 Å². The normalized spacial score (nSPS) is 15.7. The van der Waals surface area contributed by atoms with Gasteiger partial charge in [-0.15, -0.1) is 0 Å². The summed E-state index contributed by atoms with van der Waals surface area (Å²) in [5.41, 5.74) is 0.708. The van der Waals surface area contributed by atoms with Crippen LogP contribution in [0.2, 0.25) is 0 Å². The number of amides is 1. The first-order valence-corrected chi connectivity index (χ1v) is 9.72. The van der Waals surface area contributed by atoms with Gasteiger partial charge in [0.25, 0.3) is 5.91 Å². The van der Waals surface area contributed by atoms with Crippen molar-refractivity contribution in [3.63, 3.8) is 0 Å². The molecule has 1 atom stereocenters. The molecule has 1 aromatic heterocycles. The number of carbonyl (C=O) groups is 2. The van der Waals surface area contributed by atoms with E-state index in [0.717, 1.165) is 38.8 Å². The van der Waals surface area contributed by atoms with E-state index in [9.17, 15) is 14.0 Å². The number of rotatable bonds is 6. The van der Waals surface area contributed by atoms with Gasteiger partial charge in [0.15, 0.2) is 17.8 Å². The molecule has 1 amide bonds. The topological polar surface area (TPSA) is 72.6 Å². The number of oxazole rings is 1. The van der Waals surface area contributed by atoms with Gasteiger partial charge in [0.2, 0.25) is 0 Å². The lowest BCUT2D eigenvalue weighted by molar-refractivity contribution is -0.159. The maximum absolute atomic E-state index is 13.0. The number of likely N-dealkylation sites (tertiary alicyclic amines) is 1. The van der Waals surface area contributed by atoms with Crippen LogP contribution in [0.15, 0.2) is 34.9 Å². The molecule has 7 heteroatoms. The Morgan fingerprint density at radius 3 is 2.54 bits per heavy atom. The van der Waals surface area contributed by atoms with Crippen LogP contribution in [0.5, 0.6) is 0 Å². The summed E-state index contributed by atoms with van der Waals surface area (Å²) in [5, 5.41) is 0. The Bertz CT molecular complexity index is 795. The zero-order valence-corrected chi connectivity index (χ0v) is 16.0. The fraction of sp³-hybridized carbons (Fsp3) is 0.476. The summed E-state index contributed by atoms with van der Waals surface area (Å²) in [6.45, 7) is 3.06. The highest BCUT2D eigenvalue weighted by Gasteiger charge is 2.24. The molecule has 1 aliphatic rings. The van der Waals surface area contributed by atoms with Gasteiger partial charge >= 0.3 is 5.97 Å². The van der Waals surface area contributed by atoms with Gasteiger partial charge in [-0.1, -0.05) is 12.8 Å². The van der Waals surface area contributed by atoms with Crippen molar-refractivity contribution in [2.45, 2.75) is 51.6 Å². The van der Waals surface area contributed by atoms with Crippen molar-refractivity contribution in [2.24, 2.45) is 0 Å². The number of aromatic nitrogens is 1. The Kier molecular flexibility index (Phi) is 6.79. The summed E-state index contributed by atoms with van der Waals surface area (Å²) in [6, 6.07) is 5.89. The molecule has 1 fully saturated rings. The van der Waals surface area contributed by atoms with Gasteiger partial charge in [0, 0.05) is 25.1 Å². The predicted octanol–water partition coefficient (Wildman–Crippen LogP) is 3.75. The lowest BCUT2D eigenvalue weighted by Gasteiger charge is -2.23. The molecule has 2 heterocycles. The standard InChI is InChI=1S/C21H25FN2O4/c1-15(21(26)24-12-4-2-3-5-13-24)27-20(25)11-10-19-23-14-18(28-19)16-6-8-17(22)9-7-16/h6-9,14-15H,2-5,10-13H2,1H3. The zero-order chi connectivity index (χ0) is 19.9. The van der Waals surface area contributed by atoms with Crippen LogP contribution < -0.4 is 0 Å². The number of hydrogen-bond donors (Lipinski definition) is 0.